The molecule has 2 saturated heterocycles. The van der Waals surface area contributed by atoms with Gasteiger partial charge in [-0.3, -0.25) is 9.36 Å². The van der Waals surface area contributed by atoms with Crippen molar-refractivity contribution < 1.29 is 14.3 Å². The van der Waals surface area contributed by atoms with E-state index in [1.165, 1.54) is 6.33 Å². The molecule has 0 spiro atoms. The molecule has 5 rings (SSSR count). The van der Waals surface area contributed by atoms with E-state index in [2.05, 4.69) is 39.4 Å². The molecule has 9 heteroatoms. The van der Waals surface area contributed by atoms with Gasteiger partial charge in [0.25, 0.3) is 5.91 Å². The zero-order chi connectivity index (χ0) is 21.4. The molecule has 4 atom stereocenters. The summed E-state index contributed by atoms with van der Waals surface area (Å²) in [7, 11) is 0. The maximum absolute atomic E-state index is 12.6. The van der Waals surface area contributed by atoms with Gasteiger partial charge in [0, 0.05) is 18.7 Å². The van der Waals surface area contributed by atoms with Crippen LogP contribution < -0.4 is 10.6 Å². The highest BCUT2D eigenvalue weighted by Gasteiger charge is 2.59. The second kappa shape index (κ2) is 7.99. The van der Waals surface area contributed by atoms with Crippen LogP contribution in [0.2, 0.25) is 0 Å². The van der Waals surface area contributed by atoms with Crippen LogP contribution in [0.1, 0.15) is 43.3 Å². The number of imidazole rings is 1. The molecule has 2 aliphatic rings. The highest BCUT2D eigenvalue weighted by molar-refractivity contribution is 6.06. The lowest BCUT2D eigenvalue weighted by Gasteiger charge is -2.29. The lowest BCUT2D eigenvalue weighted by atomic mass is 10.0. The molecule has 2 bridgehead atoms. The number of carbonyl (C=O) groups is 1. The number of carbonyl (C=O) groups excluding carboxylic acids is 1. The Morgan fingerprint density at radius 1 is 1.32 bits per heavy atom. The second-order valence-electron chi connectivity index (χ2n) is 8.24. The first kappa shape index (κ1) is 20.0. The van der Waals surface area contributed by atoms with Crippen molar-refractivity contribution in [1.82, 2.24) is 24.8 Å². The zero-order valence-electron chi connectivity index (χ0n) is 17.6. The molecule has 2 aliphatic heterocycles. The number of fused-ring (bicyclic) bond motifs is 3. The van der Waals surface area contributed by atoms with Crippen molar-refractivity contribution in [2.75, 3.05) is 18.5 Å². The van der Waals surface area contributed by atoms with Gasteiger partial charge in [0.1, 0.15) is 18.0 Å². The topological polar surface area (TPSA) is 103 Å². The van der Waals surface area contributed by atoms with Crippen LogP contribution in [0.15, 0.2) is 43.0 Å². The van der Waals surface area contributed by atoms with Crippen molar-refractivity contribution in [1.29, 1.82) is 0 Å². The molecule has 3 aromatic rings. The van der Waals surface area contributed by atoms with Gasteiger partial charge in [-0.25, -0.2) is 15.0 Å². The van der Waals surface area contributed by atoms with E-state index in [-0.39, 0.29) is 24.3 Å². The first-order chi connectivity index (χ1) is 15.1. The van der Waals surface area contributed by atoms with Gasteiger partial charge >= 0.3 is 0 Å². The summed E-state index contributed by atoms with van der Waals surface area (Å²) in [4.78, 5) is 25.7. The van der Waals surface area contributed by atoms with Crippen molar-refractivity contribution in [3.05, 3.63) is 48.5 Å². The molecule has 0 aliphatic carbocycles. The van der Waals surface area contributed by atoms with Crippen molar-refractivity contribution in [2.24, 2.45) is 0 Å². The predicted octanol–water partition coefficient (Wildman–Crippen LogP) is 2.52. The minimum Gasteiger partial charge on any atom is -0.373 e. The Morgan fingerprint density at radius 3 is 2.97 bits per heavy atom. The van der Waals surface area contributed by atoms with Crippen molar-refractivity contribution in [2.45, 2.75) is 50.7 Å². The Morgan fingerprint density at radius 2 is 2.16 bits per heavy atom. The summed E-state index contributed by atoms with van der Waals surface area (Å²) in [5.41, 5.74) is 1.27. The number of morpholine rings is 1. The minimum atomic E-state index is -0.406. The summed E-state index contributed by atoms with van der Waals surface area (Å²) in [5, 5.41) is 6.38. The number of unbranched alkanes of at least 4 members (excludes halogenated alkanes) is 1. The smallest absolute Gasteiger partial charge is 0.256 e. The van der Waals surface area contributed by atoms with E-state index >= 15 is 0 Å². The standard InChI is InChI=1S/C22H26N6O3/c1-3-4-10-30-17-15-21(31-22(17,2)11-23-15)28-13-26-16-18(24-12-25-19(16)28)27-20(29)14-8-6-5-7-9-14/h5-9,12-13,15,17,21,23H,3-4,10-11H2,1-2H3,(H,24,25,27,29)/t15?,17?,21-,22-/m1/s1. The predicted molar refractivity (Wildman–Crippen MR) is 115 cm³/mol. The molecule has 2 aromatic heterocycles. The Bertz CT molecular complexity index is 1090. The number of anilines is 1. The number of nitrogens with zero attached hydrogens (tertiary/aromatic N) is 4. The minimum absolute atomic E-state index is 0.00317. The van der Waals surface area contributed by atoms with Gasteiger partial charge in [-0.2, -0.15) is 0 Å². The summed E-state index contributed by atoms with van der Waals surface area (Å²) in [5.74, 6) is 0.126. The van der Waals surface area contributed by atoms with E-state index in [1.807, 2.05) is 22.8 Å². The normalized spacial score (nSPS) is 27.1. The van der Waals surface area contributed by atoms with E-state index in [9.17, 15) is 4.79 Å². The zero-order valence-corrected chi connectivity index (χ0v) is 17.6. The number of rotatable bonds is 7. The van der Waals surface area contributed by atoms with Crippen LogP contribution in [0, 0.1) is 0 Å². The summed E-state index contributed by atoms with van der Waals surface area (Å²) in [6.45, 7) is 5.69. The number of amides is 1. The van der Waals surface area contributed by atoms with Gasteiger partial charge in [-0.15, -0.1) is 0 Å². The monoisotopic (exact) mass is 422 g/mol. The Labute approximate surface area is 180 Å². The maximum Gasteiger partial charge on any atom is 0.256 e. The number of hydrogen-bond acceptors (Lipinski definition) is 7. The molecule has 1 amide bonds. The lowest BCUT2D eigenvalue weighted by molar-refractivity contribution is -0.106. The Balaban J connectivity index is 1.41. The molecule has 162 valence electrons. The van der Waals surface area contributed by atoms with E-state index in [4.69, 9.17) is 9.47 Å². The molecule has 31 heavy (non-hydrogen) atoms. The van der Waals surface area contributed by atoms with Crippen LogP contribution in [-0.2, 0) is 9.47 Å². The van der Waals surface area contributed by atoms with E-state index < -0.39 is 5.60 Å². The quantitative estimate of drug-likeness (QED) is 0.564. The van der Waals surface area contributed by atoms with Crippen molar-refractivity contribution in [3.8, 4) is 0 Å². The first-order valence-corrected chi connectivity index (χ1v) is 10.7. The molecular formula is C22H26N6O3. The Hall–Kier alpha value is -2.88. The third kappa shape index (κ3) is 3.48. The average molecular weight is 422 g/mol. The molecule has 2 fully saturated rings. The summed E-state index contributed by atoms with van der Waals surface area (Å²) < 4.78 is 14.5. The van der Waals surface area contributed by atoms with Crippen LogP contribution in [0.3, 0.4) is 0 Å². The Kier molecular flexibility index (Phi) is 5.17. The summed E-state index contributed by atoms with van der Waals surface area (Å²) >= 11 is 0. The number of hydrogen-bond donors (Lipinski definition) is 2. The molecular weight excluding hydrogens is 396 g/mol. The first-order valence-electron chi connectivity index (χ1n) is 10.7. The molecule has 0 saturated carbocycles. The average Bonchev–Trinajstić information content (AvgIpc) is 3.43. The molecule has 2 N–H and O–H groups in total. The molecule has 9 nitrogen and oxygen atoms in total. The van der Waals surface area contributed by atoms with Gasteiger partial charge < -0.3 is 20.1 Å². The summed E-state index contributed by atoms with van der Waals surface area (Å²) in [6, 6.07) is 9.00. The van der Waals surface area contributed by atoms with Crippen LogP contribution in [0.25, 0.3) is 11.2 Å². The van der Waals surface area contributed by atoms with Crippen LogP contribution in [-0.4, -0.2) is 56.3 Å². The van der Waals surface area contributed by atoms with Gasteiger partial charge in [0.2, 0.25) is 0 Å². The molecule has 0 radical (unpaired) electrons. The SMILES string of the molecule is CCCCOC1C2NC[C@@]1(C)O[C@H]2n1cnc2c(NC(=O)c3ccccc3)ncnc21. The largest absolute Gasteiger partial charge is 0.373 e. The van der Waals surface area contributed by atoms with Gasteiger partial charge in [-0.1, -0.05) is 31.5 Å². The van der Waals surface area contributed by atoms with Crippen molar-refractivity contribution >= 4 is 22.9 Å². The lowest BCUT2D eigenvalue weighted by Crippen LogP contribution is -2.41. The van der Waals surface area contributed by atoms with Gasteiger partial charge in [-0.05, 0) is 25.5 Å². The van der Waals surface area contributed by atoms with E-state index in [0.717, 1.165) is 19.4 Å². The number of aromatic nitrogens is 4. The fourth-order valence-corrected chi connectivity index (χ4v) is 4.38. The van der Waals surface area contributed by atoms with E-state index in [0.29, 0.717) is 29.2 Å². The number of ether oxygens (including phenoxy) is 2. The highest BCUT2D eigenvalue weighted by Crippen LogP contribution is 2.44. The second-order valence-corrected chi connectivity index (χ2v) is 8.24. The number of benzene rings is 1. The molecule has 1 aromatic carbocycles. The molecule has 4 heterocycles. The van der Waals surface area contributed by atoms with Crippen LogP contribution in [0.5, 0.6) is 0 Å². The third-order valence-electron chi connectivity index (χ3n) is 6.01. The fraction of sp³-hybridized carbons (Fsp3) is 0.455. The van der Waals surface area contributed by atoms with Crippen molar-refractivity contribution in [3.63, 3.8) is 0 Å². The van der Waals surface area contributed by atoms with E-state index in [1.54, 1.807) is 18.5 Å². The maximum atomic E-state index is 12.6. The van der Waals surface area contributed by atoms with Gasteiger partial charge in [0.05, 0.1) is 12.4 Å². The van der Waals surface area contributed by atoms with Crippen LogP contribution in [0.4, 0.5) is 5.82 Å². The summed E-state index contributed by atoms with van der Waals surface area (Å²) in [6.07, 6.45) is 4.89. The van der Waals surface area contributed by atoms with Gasteiger partial charge in [0.15, 0.2) is 23.2 Å². The number of nitrogens with one attached hydrogen (secondary N) is 2. The van der Waals surface area contributed by atoms with Crippen LogP contribution >= 0.6 is 0 Å². The third-order valence-corrected chi connectivity index (χ3v) is 6.01. The fourth-order valence-electron chi connectivity index (χ4n) is 4.38. The highest BCUT2D eigenvalue weighted by atomic mass is 16.6. The molecule has 2 unspecified atom stereocenters.